The van der Waals surface area contributed by atoms with Crippen molar-refractivity contribution in [3.05, 3.63) is 64.8 Å². The summed E-state index contributed by atoms with van der Waals surface area (Å²) in [6, 6.07) is 6.86. The molecule has 0 saturated carbocycles. The molecule has 0 amide bonds. The molecule has 0 N–H and O–H groups in total. The Bertz CT molecular complexity index is 1000. The van der Waals surface area contributed by atoms with Gasteiger partial charge >= 0.3 is 0 Å². The SMILES string of the molecule is CS(=O)(=O)c1ccc(Oc2cc(F)cc(Cl)c2)c2c1C1(CC2)OC=CO1. The van der Waals surface area contributed by atoms with Crippen LogP contribution in [0, 0.1) is 5.82 Å². The molecule has 0 unspecified atom stereocenters. The van der Waals surface area contributed by atoms with E-state index in [9.17, 15) is 12.8 Å². The Labute approximate surface area is 154 Å². The van der Waals surface area contributed by atoms with Gasteiger partial charge in [-0.2, -0.15) is 0 Å². The molecule has 1 aliphatic carbocycles. The first-order valence-corrected chi connectivity index (χ1v) is 10.1. The van der Waals surface area contributed by atoms with Gasteiger partial charge in [-0.1, -0.05) is 11.6 Å². The molecule has 0 fully saturated rings. The molecule has 1 aliphatic heterocycles. The number of rotatable bonds is 3. The first-order chi connectivity index (χ1) is 12.3. The summed E-state index contributed by atoms with van der Waals surface area (Å²) in [4.78, 5) is 0.123. The average Bonchev–Trinajstić information content (AvgIpc) is 3.15. The van der Waals surface area contributed by atoms with Crippen LogP contribution in [0.5, 0.6) is 11.5 Å². The predicted molar refractivity (Wildman–Crippen MR) is 92.3 cm³/mol. The lowest BCUT2D eigenvalue weighted by molar-refractivity contribution is -0.148. The Hall–Kier alpha value is -2.25. The molecule has 0 radical (unpaired) electrons. The minimum atomic E-state index is -3.52. The lowest BCUT2D eigenvalue weighted by atomic mass is 10.1. The minimum absolute atomic E-state index is 0.123. The number of benzene rings is 2. The number of halogens is 2. The molecule has 2 aromatic carbocycles. The number of ether oxygens (including phenoxy) is 3. The van der Waals surface area contributed by atoms with E-state index in [1.165, 1.54) is 36.8 Å². The van der Waals surface area contributed by atoms with E-state index in [-0.39, 0.29) is 15.7 Å². The molecular weight excluding hydrogens is 383 g/mol. The lowest BCUT2D eigenvalue weighted by Crippen LogP contribution is -2.25. The largest absolute Gasteiger partial charge is 0.457 e. The molecule has 0 saturated heterocycles. The second-order valence-corrected chi connectivity index (χ2v) is 8.58. The standard InChI is InChI=1S/C18H14ClFO5S/c1-26(21,22)16-3-2-15(25-13-9-11(19)8-12(20)10-13)14-4-5-18(17(14)16)23-6-7-24-18/h2-3,6-10H,4-5H2,1H3. The van der Waals surface area contributed by atoms with Gasteiger partial charge in [-0.15, -0.1) is 0 Å². The summed E-state index contributed by atoms with van der Waals surface area (Å²) in [5.41, 5.74) is 1.07. The molecule has 2 aromatic rings. The van der Waals surface area contributed by atoms with Crippen molar-refractivity contribution in [2.24, 2.45) is 0 Å². The highest BCUT2D eigenvalue weighted by Crippen LogP contribution is 2.50. The summed E-state index contributed by atoms with van der Waals surface area (Å²) in [5, 5.41) is 0.201. The van der Waals surface area contributed by atoms with Crippen molar-refractivity contribution < 1.29 is 27.0 Å². The molecule has 1 spiro atoms. The van der Waals surface area contributed by atoms with Crippen LogP contribution in [0.15, 0.2) is 47.8 Å². The van der Waals surface area contributed by atoms with E-state index >= 15 is 0 Å². The Morgan fingerprint density at radius 3 is 2.58 bits per heavy atom. The Balaban J connectivity index is 1.85. The van der Waals surface area contributed by atoms with E-state index in [0.717, 1.165) is 6.26 Å². The molecule has 4 rings (SSSR count). The molecule has 136 valence electrons. The second-order valence-electron chi connectivity index (χ2n) is 6.16. The van der Waals surface area contributed by atoms with E-state index in [0.29, 0.717) is 29.7 Å². The summed E-state index contributed by atoms with van der Waals surface area (Å²) in [6.45, 7) is 0. The van der Waals surface area contributed by atoms with Gasteiger partial charge in [0.2, 0.25) is 0 Å². The summed E-state index contributed by atoms with van der Waals surface area (Å²) in [7, 11) is -3.52. The van der Waals surface area contributed by atoms with Gasteiger partial charge < -0.3 is 14.2 Å². The first kappa shape index (κ1) is 17.2. The van der Waals surface area contributed by atoms with Crippen LogP contribution in [0.25, 0.3) is 0 Å². The van der Waals surface area contributed by atoms with Crippen molar-refractivity contribution in [1.82, 2.24) is 0 Å². The summed E-state index contributed by atoms with van der Waals surface area (Å²) in [6.07, 6.45) is 4.83. The van der Waals surface area contributed by atoms with Crippen LogP contribution in [0.1, 0.15) is 17.5 Å². The number of hydrogen-bond acceptors (Lipinski definition) is 5. The van der Waals surface area contributed by atoms with E-state index in [4.69, 9.17) is 25.8 Å². The Morgan fingerprint density at radius 1 is 1.19 bits per heavy atom. The zero-order valence-electron chi connectivity index (χ0n) is 13.7. The third kappa shape index (κ3) is 2.81. The van der Waals surface area contributed by atoms with Crippen LogP contribution in [-0.4, -0.2) is 14.7 Å². The van der Waals surface area contributed by atoms with Crippen LogP contribution < -0.4 is 4.74 Å². The highest BCUT2D eigenvalue weighted by atomic mass is 35.5. The molecule has 5 nitrogen and oxygen atoms in total. The molecule has 1 heterocycles. The lowest BCUT2D eigenvalue weighted by Gasteiger charge is -2.25. The number of sulfone groups is 1. The molecule has 2 aliphatic rings. The van der Waals surface area contributed by atoms with Crippen LogP contribution in [-0.2, 0) is 31.5 Å². The smallest absolute Gasteiger partial charge is 0.278 e. The van der Waals surface area contributed by atoms with Gasteiger partial charge in [-0.3, -0.25) is 0 Å². The molecule has 0 bridgehead atoms. The maximum Gasteiger partial charge on any atom is 0.278 e. The summed E-state index contributed by atoms with van der Waals surface area (Å²) >= 11 is 5.87. The highest BCUT2D eigenvalue weighted by molar-refractivity contribution is 7.90. The van der Waals surface area contributed by atoms with Gasteiger partial charge in [0.25, 0.3) is 5.79 Å². The normalized spacial score (nSPS) is 17.0. The molecule has 26 heavy (non-hydrogen) atoms. The van der Waals surface area contributed by atoms with Crippen LogP contribution in [0.4, 0.5) is 4.39 Å². The summed E-state index contributed by atoms with van der Waals surface area (Å²) in [5.74, 6) is -1.08. The molecule has 8 heteroatoms. The van der Waals surface area contributed by atoms with Crippen molar-refractivity contribution in [1.29, 1.82) is 0 Å². The maximum absolute atomic E-state index is 13.6. The number of fused-ring (bicyclic) bond motifs is 2. The third-order valence-corrected chi connectivity index (χ3v) is 5.71. The first-order valence-electron chi connectivity index (χ1n) is 7.79. The minimum Gasteiger partial charge on any atom is -0.457 e. The van der Waals surface area contributed by atoms with Gasteiger partial charge in [0.1, 0.15) is 29.8 Å². The van der Waals surface area contributed by atoms with Gasteiger partial charge in [0, 0.05) is 29.3 Å². The van der Waals surface area contributed by atoms with E-state index in [1.807, 2.05) is 0 Å². The van der Waals surface area contributed by atoms with Crippen molar-refractivity contribution in [3.8, 4) is 11.5 Å². The van der Waals surface area contributed by atoms with Gasteiger partial charge in [0.05, 0.1) is 10.5 Å². The monoisotopic (exact) mass is 396 g/mol. The Morgan fingerprint density at radius 2 is 1.92 bits per heavy atom. The van der Waals surface area contributed by atoms with Crippen molar-refractivity contribution in [2.75, 3.05) is 6.26 Å². The zero-order chi connectivity index (χ0) is 18.5. The zero-order valence-corrected chi connectivity index (χ0v) is 15.2. The summed E-state index contributed by atoms with van der Waals surface area (Å²) < 4.78 is 55.1. The van der Waals surface area contributed by atoms with Crippen molar-refractivity contribution >= 4 is 21.4 Å². The van der Waals surface area contributed by atoms with Crippen molar-refractivity contribution in [2.45, 2.75) is 23.5 Å². The van der Waals surface area contributed by atoms with Crippen LogP contribution in [0.3, 0.4) is 0 Å². The second kappa shape index (κ2) is 5.89. The molecular formula is C18H14ClFO5S. The number of hydrogen-bond donors (Lipinski definition) is 0. The quantitative estimate of drug-likeness (QED) is 0.774. The maximum atomic E-state index is 13.6. The predicted octanol–water partition coefficient (Wildman–Crippen LogP) is 4.29. The fourth-order valence-corrected chi connectivity index (χ4v) is 4.52. The average molecular weight is 397 g/mol. The molecule has 0 aromatic heterocycles. The van der Waals surface area contributed by atoms with Crippen LogP contribution in [0.2, 0.25) is 5.02 Å². The van der Waals surface area contributed by atoms with E-state index in [1.54, 1.807) is 6.07 Å². The Kier molecular flexibility index (Phi) is 3.89. The molecule has 0 atom stereocenters. The van der Waals surface area contributed by atoms with E-state index in [2.05, 4.69) is 0 Å². The third-order valence-electron chi connectivity index (χ3n) is 4.35. The fourth-order valence-electron chi connectivity index (χ4n) is 3.35. The van der Waals surface area contributed by atoms with Gasteiger partial charge in [-0.25, -0.2) is 12.8 Å². The van der Waals surface area contributed by atoms with Gasteiger partial charge in [-0.05, 0) is 30.7 Å². The highest BCUT2D eigenvalue weighted by Gasteiger charge is 2.48. The fraction of sp³-hybridized carbons (Fsp3) is 0.222. The van der Waals surface area contributed by atoms with Crippen LogP contribution >= 0.6 is 11.6 Å². The van der Waals surface area contributed by atoms with Gasteiger partial charge in [0.15, 0.2) is 9.84 Å². The van der Waals surface area contributed by atoms with Crippen molar-refractivity contribution in [3.63, 3.8) is 0 Å². The topological polar surface area (TPSA) is 61.8 Å². The van der Waals surface area contributed by atoms with E-state index < -0.39 is 21.4 Å².